The van der Waals surface area contributed by atoms with Crippen molar-refractivity contribution in [1.29, 1.82) is 0 Å². The molecule has 182 valence electrons. The number of likely N-dealkylation sites (tertiary alicyclic amines) is 1. The lowest BCUT2D eigenvalue weighted by Gasteiger charge is -2.35. The number of nitrogens with two attached hydrogens (primary N) is 1. The molecule has 2 aliphatic heterocycles. The van der Waals surface area contributed by atoms with Gasteiger partial charge < -0.3 is 20.6 Å². The highest BCUT2D eigenvalue weighted by atomic mass is 35.5. The molecule has 9 nitrogen and oxygen atoms in total. The minimum Gasteiger partial charge on any atom is -0.394 e. The quantitative estimate of drug-likeness (QED) is 0.584. The molecule has 2 saturated heterocycles. The topological polar surface area (TPSA) is 120 Å². The molecule has 3 heterocycles. The van der Waals surface area contributed by atoms with Gasteiger partial charge in [-0.1, -0.05) is 11.6 Å². The van der Waals surface area contributed by atoms with E-state index in [1.807, 2.05) is 0 Å². The number of halogens is 1. The van der Waals surface area contributed by atoms with Gasteiger partial charge in [-0.15, -0.1) is 11.3 Å². The number of aliphatic hydroxyl groups is 1. The Kier molecular flexibility index (Phi) is 7.82. The van der Waals surface area contributed by atoms with Crippen molar-refractivity contribution in [2.75, 3.05) is 45.9 Å². The lowest BCUT2D eigenvalue weighted by molar-refractivity contribution is -0.135. The Morgan fingerprint density at radius 1 is 1.15 bits per heavy atom. The second kappa shape index (κ2) is 10.8. The van der Waals surface area contributed by atoms with E-state index in [-0.39, 0.29) is 30.9 Å². The van der Waals surface area contributed by atoms with Crippen molar-refractivity contribution in [2.45, 2.75) is 25.3 Å². The summed E-state index contributed by atoms with van der Waals surface area (Å²) in [6.07, 6.45) is 1.94. The van der Waals surface area contributed by atoms with Crippen molar-refractivity contribution in [3.05, 3.63) is 39.9 Å². The number of amides is 3. The van der Waals surface area contributed by atoms with Gasteiger partial charge in [0.15, 0.2) is 0 Å². The first-order chi connectivity index (χ1) is 16.4. The van der Waals surface area contributed by atoms with Crippen LogP contribution in [0.15, 0.2) is 23.6 Å². The summed E-state index contributed by atoms with van der Waals surface area (Å²) in [5, 5.41) is 12.3. The van der Waals surface area contributed by atoms with Crippen LogP contribution in [0, 0.1) is 0 Å². The van der Waals surface area contributed by atoms with Crippen LogP contribution in [0.25, 0.3) is 10.6 Å². The molecule has 0 unspecified atom stereocenters. The predicted molar refractivity (Wildman–Crippen MR) is 130 cm³/mol. The fourth-order valence-electron chi connectivity index (χ4n) is 4.48. The zero-order valence-electron chi connectivity index (χ0n) is 18.8. The number of rotatable bonds is 7. The van der Waals surface area contributed by atoms with Crippen molar-refractivity contribution in [3.8, 4) is 10.6 Å². The van der Waals surface area contributed by atoms with Gasteiger partial charge in [-0.3, -0.25) is 19.3 Å². The maximum atomic E-state index is 12.8. The number of primary amides is 1. The summed E-state index contributed by atoms with van der Waals surface area (Å²) in [5.74, 6) is -0.543. The van der Waals surface area contributed by atoms with Crippen LogP contribution in [0.3, 0.4) is 0 Å². The maximum Gasteiger partial charge on any atom is 0.249 e. The molecule has 3 amide bonds. The van der Waals surface area contributed by atoms with Crippen LogP contribution >= 0.6 is 22.9 Å². The van der Waals surface area contributed by atoms with Crippen LogP contribution < -0.4 is 5.73 Å². The molecule has 3 N–H and O–H groups in total. The van der Waals surface area contributed by atoms with Gasteiger partial charge in [0.05, 0.1) is 31.3 Å². The highest BCUT2D eigenvalue weighted by Crippen LogP contribution is 2.30. The van der Waals surface area contributed by atoms with E-state index in [1.165, 1.54) is 11.3 Å². The molecule has 0 spiro atoms. The lowest BCUT2D eigenvalue weighted by atomic mass is 10.1. The Hall–Kier alpha value is -2.53. The fraction of sp³-hybridized carbons (Fsp3) is 0.478. The Morgan fingerprint density at radius 3 is 2.62 bits per heavy atom. The molecule has 0 saturated carbocycles. The fourth-order valence-corrected chi connectivity index (χ4v) is 5.50. The van der Waals surface area contributed by atoms with Crippen LogP contribution in [0.2, 0.25) is 5.02 Å². The number of benzene rings is 1. The summed E-state index contributed by atoms with van der Waals surface area (Å²) in [5.41, 5.74) is 6.99. The number of aliphatic hydroxyl groups excluding tert-OH is 1. The van der Waals surface area contributed by atoms with Crippen LogP contribution in [-0.4, -0.2) is 94.4 Å². The van der Waals surface area contributed by atoms with Gasteiger partial charge in [0, 0.05) is 54.3 Å². The lowest BCUT2D eigenvalue weighted by Crippen LogP contribution is -2.52. The minimum atomic E-state index is -0.563. The summed E-state index contributed by atoms with van der Waals surface area (Å²) in [7, 11) is 0. The number of nitrogens with zero attached hydrogens (tertiary/aromatic N) is 4. The molecule has 1 aromatic heterocycles. The first-order valence-electron chi connectivity index (χ1n) is 11.3. The first kappa shape index (κ1) is 24.6. The third-order valence-electron chi connectivity index (χ3n) is 6.35. The van der Waals surface area contributed by atoms with Crippen LogP contribution in [-0.2, 0) is 16.0 Å². The number of piperazine rings is 1. The SMILES string of the molecule is NC(=O)c1ccc(Cl)cc1-c1nc(CC(=O)N2CCN(CC(=O)N3CCC[C@H]3CO)CC2)cs1. The second-order valence-electron chi connectivity index (χ2n) is 8.60. The molecule has 34 heavy (non-hydrogen) atoms. The largest absolute Gasteiger partial charge is 0.394 e. The van der Waals surface area contributed by atoms with Gasteiger partial charge in [-0.2, -0.15) is 0 Å². The number of hydrogen-bond acceptors (Lipinski definition) is 7. The molecule has 0 bridgehead atoms. The molecular formula is C23H28ClN5O4S. The third-order valence-corrected chi connectivity index (χ3v) is 7.51. The summed E-state index contributed by atoms with van der Waals surface area (Å²) in [6.45, 7) is 3.38. The highest BCUT2D eigenvalue weighted by Gasteiger charge is 2.30. The molecule has 1 aromatic carbocycles. The van der Waals surface area contributed by atoms with E-state index in [9.17, 15) is 19.5 Å². The number of carbonyl (C=O) groups is 3. The number of thiazole rings is 1. The third kappa shape index (κ3) is 5.57. The normalized spacial score (nSPS) is 18.9. The van der Waals surface area contributed by atoms with E-state index >= 15 is 0 Å². The van der Waals surface area contributed by atoms with Crippen molar-refractivity contribution in [2.24, 2.45) is 5.73 Å². The van der Waals surface area contributed by atoms with E-state index in [0.29, 0.717) is 66.1 Å². The van der Waals surface area contributed by atoms with E-state index in [2.05, 4.69) is 9.88 Å². The molecular weight excluding hydrogens is 478 g/mol. The predicted octanol–water partition coefficient (Wildman–Crippen LogP) is 1.23. The molecule has 1 atom stereocenters. The molecule has 0 radical (unpaired) electrons. The van der Waals surface area contributed by atoms with E-state index < -0.39 is 5.91 Å². The van der Waals surface area contributed by atoms with Gasteiger partial charge in [-0.05, 0) is 31.0 Å². The zero-order valence-corrected chi connectivity index (χ0v) is 20.4. The Balaban J connectivity index is 1.31. The van der Waals surface area contributed by atoms with Gasteiger partial charge >= 0.3 is 0 Å². The molecule has 0 aliphatic carbocycles. The molecule has 2 fully saturated rings. The average Bonchev–Trinajstić information content (AvgIpc) is 3.49. The highest BCUT2D eigenvalue weighted by molar-refractivity contribution is 7.13. The number of hydrogen-bond donors (Lipinski definition) is 2. The van der Waals surface area contributed by atoms with E-state index in [4.69, 9.17) is 17.3 Å². The zero-order chi connectivity index (χ0) is 24.2. The first-order valence-corrected chi connectivity index (χ1v) is 12.6. The van der Waals surface area contributed by atoms with Crippen LogP contribution in [0.1, 0.15) is 28.9 Å². The van der Waals surface area contributed by atoms with Gasteiger partial charge in [0.25, 0.3) is 0 Å². The maximum absolute atomic E-state index is 12.8. The molecule has 11 heteroatoms. The smallest absolute Gasteiger partial charge is 0.249 e. The van der Waals surface area contributed by atoms with E-state index in [1.54, 1.807) is 33.4 Å². The van der Waals surface area contributed by atoms with Crippen molar-refractivity contribution < 1.29 is 19.5 Å². The van der Waals surface area contributed by atoms with Crippen molar-refractivity contribution in [3.63, 3.8) is 0 Å². The second-order valence-corrected chi connectivity index (χ2v) is 9.89. The Bertz CT molecular complexity index is 1070. The summed E-state index contributed by atoms with van der Waals surface area (Å²) in [6, 6.07) is 4.76. The average molecular weight is 506 g/mol. The summed E-state index contributed by atoms with van der Waals surface area (Å²) in [4.78, 5) is 47.4. The Labute approximate surface area is 207 Å². The monoisotopic (exact) mass is 505 g/mol. The minimum absolute atomic E-state index is 0.00745. The van der Waals surface area contributed by atoms with Crippen molar-refractivity contribution >= 4 is 40.7 Å². The molecule has 4 rings (SSSR count). The van der Waals surface area contributed by atoms with Gasteiger partial charge in [-0.25, -0.2) is 4.98 Å². The van der Waals surface area contributed by atoms with Crippen LogP contribution in [0.5, 0.6) is 0 Å². The number of aromatic nitrogens is 1. The Morgan fingerprint density at radius 2 is 1.91 bits per heavy atom. The number of carbonyl (C=O) groups excluding carboxylic acids is 3. The van der Waals surface area contributed by atoms with Gasteiger partial charge in [0.2, 0.25) is 17.7 Å². The summed E-state index contributed by atoms with van der Waals surface area (Å²) < 4.78 is 0. The summed E-state index contributed by atoms with van der Waals surface area (Å²) >= 11 is 7.42. The van der Waals surface area contributed by atoms with Crippen LogP contribution in [0.4, 0.5) is 0 Å². The standard InChI is InChI=1S/C23H28ClN5O4S/c24-15-3-4-18(22(25)33)19(10-15)23-26-16(14-34-23)11-20(31)28-8-6-27(7-9-28)12-21(32)29-5-1-2-17(29)13-30/h3-4,10,14,17,30H,1-2,5-9,11-13H2,(H2,25,33)/t17-/m0/s1. The molecule has 2 aliphatic rings. The van der Waals surface area contributed by atoms with Crippen molar-refractivity contribution in [1.82, 2.24) is 19.7 Å². The van der Waals surface area contributed by atoms with E-state index in [0.717, 1.165) is 12.8 Å². The molecule has 2 aromatic rings. The van der Waals surface area contributed by atoms with Gasteiger partial charge in [0.1, 0.15) is 5.01 Å².